The highest BCUT2D eigenvalue weighted by Gasteiger charge is 2.23. The lowest BCUT2D eigenvalue weighted by atomic mass is 10.1. The van der Waals surface area contributed by atoms with Crippen molar-refractivity contribution in [3.63, 3.8) is 0 Å². The van der Waals surface area contributed by atoms with Gasteiger partial charge in [-0.3, -0.25) is 9.59 Å². The number of carbonyl (C=O) groups excluding carboxylic acids is 2. The molecule has 0 heterocycles. The van der Waals surface area contributed by atoms with Crippen LogP contribution >= 0.6 is 46.6 Å². The van der Waals surface area contributed by atoms with Crippen LogP contribution in [0.25, 0.3) is 0 Å². The standard InChI is InChI=1S/C18H17Cl3N2O2S/c1-26-9-8-16(18(25)22-15-5-3-2-4-13(15)20)23-17(24)12-7-6-11(19)10-14(12)21/h2-7,10,16H,8-9H2,1H3,(H,22,25)(H,23,24). The number of amides is 2. The summed E-state index contributed by atoms with van der Waals surface area (Å²) in [6.45, 7) is 0. The van der Waals surface area contributed by atoms with Gasteiger partial charge in [-0.2, -0.15) is 11.8 Å². The van der Waals surface area contributed by atoms with Crippen LogP contribution in [0.1, 0.15) is 16.8 Å². The number of carbonyl (C=O) groups is 2. The molecule has 0 aliphatic rings. The maximum Gasteiger partial charge on any atom is 0.253 e. The van der Waals surface area contributed by atoms with Crippen molar-refractivity contribution in [2.45, 2.75) is 12.5 Å². The van der Waals surface area contributed by atoms with Gasteiger partial charge in [0.15, 0.2) is 0 Å². The number of rotatable bonds is 7. The lowest BCUT2D eigenvalue weighted by Gasteiger charge is -2.19. The van der Waals surface area contributed by atoms with Gasteiger partial charge in [0.2, 0.25) is 5.91 Å². The Hall–Kier alpha value is -1.40. The maximum absolute atomic E-state index is 12.6. The smallest absolute Gasteiger partial charge is 0.253 e. The molecular formula is C18H17Cl3N2O2S. The molecule has 138 valence electrons. The molecule has 2 N–H and O–H groups in total. The van der Waals surface area contributed by atoms with Crippen LogP contribution in [0.3, 0.4) is 0 Å². The first-order valence-electron chi connectivity index (χ1n) is 7.72. The van der Waals surface area contributed by atoms with Gasteiger partial charge in [0.25, 0.3) is 5.91 Å². The monoisotopic (exact) mass is 430 g/mol. The van der Waals surface area contributed by atoms with E-state index in [0.717, 1.165) is 0 Å². The van der Waals surface area contributed by atoms with Crippen molar-refractivity contribution in [1.29, 1.82) is 0 Å². The Morgan fingerprint density at radius 2 is 1.81 bits per heavy atom. The third-order valence-electron chi connectivity index (χ3n) is 3.54. The highest BCUT2D eigenvalue weighted by molar-refractivity contribution is 7.98. The van der Waals surface area contributed by atoms with Crippen molar-refractivity contribution in [3.8, 4) is 0 Å². The lowest BCUT2D eigenvalue weighted by Crippen LogP contribution is -2.44. The number of halogens is 3. The second kappa shape index (κ2) is 10.1. The van der Waals surface area contributed by atoms with Crippen LogP contribution in [-0.2, 0) is 4.79 Å². The van der Waals surface area contributed by atoms with E-state index in [-0.39, 0.29) is 16.5 Å². The highest BCUT2D eigenvalue weighted by Crippen LogP contribution is 2.22. The molecule has 2 aromatic rings. The van der Waals surface area contributed by atoms with Crippen molar-refractivity contribution in [2.75, 3.05) is 17.3 Å². The van der Waals surface area contributed by atoms with Gasteiger partial charge in [0, 0.05) is 5.02 Å². The zero-order chi connectivity index (χ0) is 19.1. The summed E-state index contributed by atoms with van der Waals surface area (Å²) in [4.78, 5) is 25.2. The van der Waals surface area contributed by atoms with E-state index in [2.05, 4.69) is 10.6 Å². The quantitative estimate of drug-likeness (QED) is 0.638. The number of hydrogen-bond donors (Lipinski definition) is 2. The van der Waals surface area contributed by atoms with Gasteiger partial charge in [-0.05, 0) is 48.8 Å². The Kier molecular flexibility index (Phi) is 8.10. The fraction of sp³-hybridized carbons (Fsp3) is 0.222. The van der Waals surface area contributed by atoms with Crippen LogP contribution in [0.4, 0.5) is 5.69 Å². The highest BCUT2D eigenvalue weighted by atomic mass is 35.5. The third kappa shape index (κ3) is 5.81. The fourth-order valence-corrected chi connectivity index (χ4v) is 3.35. The van der Waals surface area contributed by atoms with Gasteiger partial charge >= 0.3 is 0 Å². The molecule has 26 heavy (non-hydrogen) atoms. The molecule has 2 amide bonds. The summed E-state index contributed by atoms with van der Waals surface area (Å²) in [5, 5.41) is 6.57. The van der Waals surface area contributed by atoms with Crippen LogP contribution in [0.15, 0.2) is 42.5 Å². The Morgan fingerprint density at radius 3 is 2.46 bits per heavy atom. The normalized spacial score (nSPS) is 11.7. The van der Waals surface area contributed by atoms with Crippen molar-refractivity contribution in [2.24, 2.45) is 0 Å². The summed E-state index contributed by atoms with van der Waals surface area (Å²) >= 11 is 19.6. The van der Waals surface area contributed by atoms with Gasteiger partial charge in [-0.15, -0.1) is 0 Å². The van der Waals surface area contributed by atoms with Crippen LogP contribution in [-0.4, -0.2) is 29.9 Å². The first kappa shape index (κ1) is 20.9. The van der Waals surface area contributed by atoms with Crippen LogP contribution in [0, 0.1) is 0 Å². The molecule has 0 aromatic heterocycles. The molecule has 0 aliphatic heterocycles. The predicted molar refractivity (Wildman–Crippen MR) is 111 cm³/mol. The minimum Gasteiger partial charge on any atom is -0.340 e. The van der Waals surface area contributed by atoms with E-state index in [9.17, 15) is 9.59 Å². The Balaban J connectivity index is 2.14. The summed E-state index contributed by atoms with van der Waals surface area (Å²) < 4.78 is 0. The Labute approximate surface area is 171 Å². The minimum atomic E-state index is -0.724. The van der Waals surface area contributed by atoms with Gasteiger partial charge in [0.05, 0.1) is 21.3 Å². The summed E-state index contributed by atoms with van der Waals surface area (Å²) in [6, 6.07) is 10.8. The number of thioether (sulfide) groups is 1. The van der Waals surface area contributed by atoms with Crippen molar-refractivity contribution in [1.82, 2.24) is 5.32 Å². The second-order valence-electron chi connectivity index (χ2n) is 5.40. The minimum absolute atomic E-state index is 0.227. The van der Waals surface area contributed by atoms with E-state index in [1.165, 1.54) is 12.1 Å². The first-order chi connectivity index (χ1) is 12.4. The third-order valence-corrected chi connectivity index (χ3v) is 5.06. The van der Waals surface area contributed by atoms with Gasteiger partial charge in [0.1, 0.15) is 6.04 Å². The Bertz CT molecular complexity index is 802. The van der Waals surface area contributed by atoms with Crippen molar-refractivity contribution >= 4 is 64.1 Å². The number of benzene rings is 2. The zero-order valence-corrected chi connectivity index (χ0v) is 17.0. The molecule has 0 bridgehead atoms. The molecule has 8 heteroatoms. The number of para-hydroxylation sites is 1. The molecule has 2 rings (SSSR count). The average Bonchev–Trinajstić information content (AvgIpc) is 2.60. The molecule has 0 saturated heterocycles. The van der Waals surface area contributed by atoms with Crippen LogP contribution < -0.4 is 10.6 Å². The number of nitrogens with one attached hydrogen (secondary N) is 2. The van der Waals surface area contributed by atoms with Gasteiger partial charge in [-0.25, -0.2) is 0 Å². The molecule has 2 aromatic carbocycles. The van der Waals surface area contributed by atoms with E-state index >= 15 is 0 Å². The number of hydrogen-bond acceptors (Lipinski definition) is 3. The molecule has 0 radical (unpaired) electrons. The average molecular weight is 432 g/mol. The fourth-order valence-electron chi connectivity index (χ4n) is 2.20. The van der Waals surface area contributed by atoms with Gasteiger partial charge < -0.3 is 10.6 Å². The zero-order valence-electron chi connectivity index (χ0n) is 13.9. The van der Waals surface area contributed by atoms with Crippen molar-refractivity contribution < 1.29 is 9.59 Å². The topological polar surface area (TPSA) is 58.2 Å². The molecule has 1 atom stereocenters. The number of anilines is 1. The SMILES string of the molecule is CSCCC(NC(=O)c1ccc(Cl)cc1Cl)C(=O)Nc1ccccc1Cl. The molecule has 0 fully saturated rings. The van der Waals surface area contributed by atoms with E-state index in [1.807, 2.05) is 6.26 Å². The molecule has 0 aliphatic carbocycles. The maximum atomic E-state index is 12.6. The van der Waals surface area contributed by atoms with E-state index in [0.29, 0.717) is 27.9 Å². The Morgan fingerprint density at radius 1 is 1.08 bits per heavy atom. The van der Waals surface area contributed by atoms with E-state index < -0.39 is 11.9 Å². The van der Waals surface area contributed by atoms with Crippen LogP contribution in [0.5, 0.6) is 0 Å². The van der Waals surface area contributed by atoms with E-state index in [1.54, 1.807) is 42.1 Å². The molecule has 0 saturated carbocycles. The largest absolute Gasteiger partial charge is 0.340 e. The molecule has 1 unspecified atom stereocenters. The van der Waals surface area contributed by atoms with E-state index in [4.69, 9.17) is 34.8 Å². The summed E-state index contributed by atoms with van der Waals surface area (Å²) in [5.41, 5.74) is 0.753. The predicted octanol–water partition coefficient (Wildman–Crippen LogP) is 5.14. The summed E-state index contributed by atoms with van der Waals surface area (Å²) in [6.07, 6.45) is 2.40. The van der Waals surface area contributed by atoms with Gasteiger partial charge in [-0.1, -0.05) is 46.9 Å². The second-order valence-corrected chi connectivity index (χ2v) is 7.64. The first-order valence-corrected chi connectivity index (χ1v) is 10.3. The summed E-state index contributed by atoms with van der Waals surface area (Å²) in [5.74, 6) is -0.0763. The van der Waals surface area contributed by atoms with Crippen molar-refractivity contribution in [3.05, 3.63) is 63.1 Å². The lowest BCUT2D eigenvalue weighted by molar-refractivity contribution is -0.118. The summed E-state index contributed by atoms with van der Waals surface area (Å²) in [7, 11) is 0. The molecule has 0 spiro atoms. The van der Waals surface area contributed by atoms with Crippen LogP contribution in [0.2, 0.25) is 15.1 Å². The molecular weight excluding hydrogens is 415 g/mol. The molecule has 4 nitrogen and oxygen atoms in total.